The molecule has 2 aromatic heterocycles. The van der Waals surface area contributed by atoms with Crippen LogP contribution in [-0.2, 0) is 19.3 Å². The van der Waals surface area contributed by atoms with Gasteiger partial charge >= 0.3 is 0 Å². The number of para-hydroxylation sites is 1. The van der Waals surface area contributed by atoms with Gasteiger partial charge in [0.25, 0.3) is 5.56 Å². The van der Waals surface area contributed by atoms with Gasteiger partial charge in [0, 0.05) is 17.1 Å². The molecule has 3 rings (SSSR count). The molecule has 5 nitrogen and oxygen atoms in total. The summed E-state index contributed by atoms with van der Waals surface area (Å²) in [4.78, 5) is 22.9. The smallest absolute Gasteiger partial charge is 0.270 e. The fraction of sp³-hybridized carbons (Fsp3) is 0.368. The van der Waals surface area contributed by atoms with E-state index in [-0.39, 0.29) is 5.56 Å². The monoisotopic (exact) mass is 325 g/mol. The molecule has 0 unspecified atom stereocenters. The molecule has 5 heteroatoms. The first-order valence-electron chi connectivity index (χ1n) is 8.29. The van der Waals surface area contributed by atoms with Crippen LogP contribution in [0.3, 0.4) is 0 Å². The summed E-state index contributed by atoms with van der Waals surface area (Å²) in [7, 11) is 1.59. The first-order chi connectivity index (χ1) is 11.6. The Hall–Kier alpha value is -2.56. The van der Waals surface area contributed by atoms with E-state index in [9.17, 15) is 4.79 Å². The summed E-state index contributed by atoms with van der Waals surface area (Å²) in [5.74, 6) is 0.894. The molecule has 2 heterocycles. The number of benzene rings is 1. The normalized spacial score (nSPS) is 11.3. The number of rotatable bonds is 6. The third kappa shape index (κ3) is 3.35. The third-order valence-electron chi connectivity index (χ3n) is 4.14. The molecule has 0 bridgehead atoms. The SMILES string of the molecule is COc1nc(CC(C)C)c(=O)[nH]c1CCc1c[nH]c2ccccc12. The van der Waals surface area contributed by atoms with Crippen LogP contribution in [0.25, 0.3) is 10.9 Å². The van der Waals surface area contributed by atoms with Crippen molar-refractivity contribution >= 4 is 10.9 Å². The van der Waals surface area contributed by atoms with E-state index in [0.29, 0.717) is 30.3 Å². The van der Waals surface area contributed by atoms with E-state index in [1.807, 2.05) is 18.3 Å². The standard InChI is InChI=1S/C19H23N3O2/c1-12(2)10-17-18(23)21-16(19(22-17)24-3)9-8-13-11-20-15-7-5-4-6-14(13)15/h4-7,11-12,20H,8-10H2,1-3H3,(H,21,23). The molecule has 2 N–H and O–H groups in total. The lowest BCUT2D eigenvalue weighted by Crippen LogP contribution is -2.20. The van der Waals surface area contributed by atoms with E-state index < -0.39 is 0 Å². The zero-order chi connectivity index (χ0) is 17.1. The minimum absolute atomic E-state index is 0.113. The lowest BCUT2D eigenvalue weighted by atomic mass is 10.1. The Morgan fingerprint density at radius 1 is 1.21 bits per heavy atom. The zero-order valence-electron chi connectivity index (χ0n) is 14.3. The van der Waals surface area contributed by atoms with E-state index in [0.717, 1.165) is 17.6 Å². The molecular formula is C19H23N3O2. The highest BCUT2D eigenvalue weighted by Gasteiger charge is 2.13. The molecule has 0 aliphatic carbocycles. The van der Waals surface area contributed by atoms with Crippen molar-refractivity contribution in [1.29, 1.82) is 0 Å². The van der Waals surface area contributed by atoms with Gasteiger partial charge in [-0.15, -0.1) is 0 Å². The van der Waals surface area contributed by atoms with E-state index in [2.05, 4.69) is 40.9 Å². The van der Waals surface area contributed by atoms with Crippen LogP contribution in [0.2, 0.25) is 0 Å². The first-order valence-corrected chi connectivity index (χ1v) is 8.29. The summed E-state index contributed by atoms with van der Waals surface area (Å²) in [5.41, 5.74) is 3.52. The van der Waals surface area contributed by atoms with E-state index in [1.165, 1.54) is 10.9 Å². The fourth-order valence-corrected chi connectivity index (χ4v) is 2.96. The van der Waals surface area contributed by atoms with Gasteiger partial charge < -0.3 is 14.7 Å². The molecule has 0 radical (unpaired) electrons. The highest BCUT2D eigenvalue weighted by molar-refractivity contribution is 5.83. The van der Waals surface area contributed by atoms with Gasteiger partial charge in [-0.05, 0) is 36.8 Å². The van der Waals surface area contributed by atoms with Gasteiger partial charge in [-0.1, -0.05) is 32.0 Å². The number of hydrogen-bond acceptors (Lipinski definition) is 3. The number of ether oxygens (including phenoxy) is 1. The topological polar surface area (TPSA) is 70.8 Å². The van der Waals surface area contributed by atoms with Crippen LogP contribution in [0.1, 0.15) is 30.8 Å². The van der Waals surface area contributed by atoms with E-state index in [4.69, 9.17) is 4.74 Å². The molecule has 0 saturated heterocycles. The molecule has 0 saturated carbocycles. The summed E-state index contributed by atoms with van der Waals surface area (Å²) >= 11 is 0. The van der Waals surface area contributed by atoms with Gasteiger partial charge in [0.2, 0.25) is 5.88 Å². The third-order valence-corrected chi connectivity index (χ3v) is 4.14. The van der Waals surface area contributed by atoms with Crippen LogP contribution in [0.15, 0.2) is 35.3 Å². The maximum absolute atomic E-state index is 12.2. The van der Waals surface area contributed by atoms with Crippen LogP contribution in [0.4, 0.5) is 0 Å². The van der Waals surface area contributed by atoms with Crippen molar-refractivity contribution in [2.45, 2.75) is 33.1 Å². The van der Waals surface area contributed by atoms with Crippen molar-refractivity contribution in [3.8, 4) is 5.88 Å². The lowest BCUT2D eigenvalue weighted by molar-refractivity contribution is 0.385. The van der Waals surface area contributed by atoms with Crippen molar-refractivity contribution in [3.63, 3.8) is 0 Å². The van der Waals surface area contributed by atoms with Crippen LogP contribution >= 0.6 is 0 Å². The molecule has 0 spiro atoms. The predicted octanol–water partition coefficient (Wildman–Crippen LogP) is 3.24. The molecule has 0 aliphatic heterocycles. The van der Waals surface area contributed by atoms with Gasteiger partial charge in [0.15, 0.2) is 0 Å². The van der Waals surface area contributed by atoms with Crippen molar-refractivity contribution in [3.05, 3.63) is 57.8 Å². The molecular weight excluding hydrogens is 302 g/mol. The van der Waals surface area contributed by atoms with Crippen molar-refractivity contribution < 1.29 is 4.74 Å². The Morgan fingerprint density at radius 3 is 2.75 bits per heavy atom. The van der Waals surface area contributed by atoms with Crippen molar-refractivity contribution in [2.75, 3.05) is 7.11 Å². The van der Waals surface area contributed by atoms with Crippen LogP contribution in [-0.4, -0.2) is 22.1 Å². The molecule has 126 valence electrons. The molecule has 0 atom stereocenters. The predicted molar refractivity (Wildman–Crippen MR) is 95.7 cm³/mol. The summed E-state index contributed by atoms with van der Waals surface area (Å²) in [6.45, 7) is 4.14. The Bertz CT molecular complexity index is 893. The maximum atomic E-state index is 12.2. The second-order valence-corrected chi connectivity index (χ2v) is 6.46. The van der Waals surface area contributed by atoms with Crippen molar-refractivity contribution in [1.82, 2.24) is 15.0 Å². The van der Waals surface area contributed by atoms with Gasteiger partial charge in [0.05, 0.1) is 12.8 Å². The molecule has 1 aromatic carbocycles. The van der Waals surface area contributed by atoms with Crippen LogP contribution < -0.4 is 10.3 Å². The number of nitrogens with zero attached hydrogens (tertiary/aromatic N) is 1. The molecule has 0 fully saturated rings. The average Bonchev–Trinajstić information content (AvgIpc) is 2.98. The number of nitrogens with one attached hydrogen (secondary N) is 2. The van der Waals surface area contributed by atoms with E-state index >= 15 is 0 Å². The molecule has 0 aliphatic rings. The maximum Gasteiger partial charge on any atom is 0.270 e. The quantitative estimate of drug-likeness (QED) is 0.731. The highest BCUT2D eigenvalue weighted by Crippen LogP contribution is 2.21. The largest absolute Gasteiger partial charge is 0.480 e. The van der Waals surface area contributed by atoms with Gasteiger partial charge in [-0.3, -0.25) is 4.79 Å². The second-order valence-electron chi connectivity index (χ2n) is 6.46. The minimum atomic E-state index is -0.113. The first kappa shape index (κ1) is 16.3. The highest BCUT2D eigenvalue weighted by atomic mass is 16.5. The Morgan fingerprint density at radius 2 is 2.00 bits per heavy atom. The van der Waals surface area contributed by atoms with Crippen LogP contribution in [0, 0.1) is 5.92 Å². The number of aryl methyl sites for hydroxylation is 2. The minimum Gasteiger partial charge on any atom is -0.480 e. The molecule has 3 aromatic rings. The Balaban J connectivity index is 1.84. The fourth-order valence-electron chi connectivity index (χ4n) is 2.96. The number of aromatic amines is 2. The van der Waals surface area contributed by atoms with E-state index in [1.54, 1.807) is 7.11 Å². The zero-order valence-corrected chi connectivity index (χ0v) is 14.3. The number of fused-ring (bicyclic) bond motifs is 1. The number of hydrogen-bond donors (Lipinski definition) is 2. The number of aromatic nitrogens is 3. The summed E-state index contributed by atoms with van der Waals surface area (Å²) in [6, 6.07) is 8.21. The summed E-state index contributed by atoms with van der Waals surface area (Å²) in [6.07, 6.45) is 4.15. The summed E-state index contributed by atoms with van der Waals surface area (Å²) in [5, 5.41) is 1.21. The van der Waals surface area contributed by atoms with Crippen LogP contribution in [0.5, 0.6) is 5.88 Å². The second kappa shape index (κ2) is 6.91. The van der Waals surface area contributed by atoms with Crippen molar-refractivity contribution in [2.24, 2.45) is 5.92 Å². The van der Waals surface area contributed by atoms with Gasteiger partial charge in [-0.25, -0.2) is 4.98 Å². The van der Waals surface area contributed by atoms with Gasteiger partial charge in [0.1, 0.15) is 5.69 Å². The van der Waals surface area contributed by atoms with Gasteiger partial charge in [-0.2, -0.15) is 0 Å². The lowest BCUT2D eigenvalue weighted by Gasteiger charge is -2.10. The summed E-state index contributed by atoms with van der Waals surface area (Å²) < 4.78 is 5.39. The molecule has 0 amide bonds. The molecule has 24 heavy (non-hydrogen) atoms. The Kier molecular flexibility index (Phi) is 4.69. The average molecular weight is 325 g/mol. The number of methoxy groups -OCH3 is 1. The number of H-pyrrole nitrogens is 2. The Labute approximate surface area is 141 Å².